The minimum Gasteiger partial charge on any atom is -0.493 e. The summed E-state index contributed by atoms with van der Waals surface area (Å²) >= 11 is 0. The lowest BCUT2D eigenvalue weighted by atomic mass is 10.0. The Labute approximate surface area is 181 Å². The maximum Gasteiger partial charge on any atom is 0.258 e. The molecule has 8 nitrogen and oxygen atoms in total. The van der Waals surface area contributed by atoms with Crippen LogP contribution in [0.5, 0.6) is 5.75 Å². The van der Waals surface area contributed by atoms with Crippen molar-refractivity contribution in [2.75, 3.05) is 19.7 Å². The lowest BCUT2D eigenvalue weighted by Crippen LogP contribution is -2.59. The summed E-state index contributed by atoms with van der Waals surface area (Å²) in [5.74, 6) is -0.314. The quantitative estimate of drug-likeness (QED) is 0.642. The van der Waals surface area contributed by atoms with Crippen molar-refractivity contribution in [1.29, 1.82) is 0 Å². The third-order valence-electron chi connectivity index (χ3n) is 5.94. The molecule has 31 heavy (non-hydrogen) atoms. The zero-order chi connectivity index (χ0) is 22.0. The first-order chi connectivity index (χ1) is 14.9. The Hall–Kier alpha value is -2.97. The second-order valence-electron chi connectivity index (χ2n) is 8.37. The van der Waals surface area contributed by atoms with Crippen molar-refractivity contribution in [2.24, 2.45) is 0 Å². The number of aryl methyl sites for hydroxylation is 2. The SMILES string of the molecule is C[C@@H]1CN2C(=O)c3cc(F)ccc3OCCCn3cc(nn3)CCCC(=O)N1C[C@@H]2C. The zero-order valence-corrected chi connectivity index (χ0v) is 18.0. The van der Waals surface area contributed by atoms with Gasteiger partial charge in [-0.05, 0) is 44.9 Å². The third kappa shape index (κ3) is 4.70. The first-order valence-corrected chi connectivity index (χ1v) is 10.8. The van der Waals surface area contributed by atoms with Crippen LogP contribution in [-0.4, -0.2) is 68.4 Å². The van der Waals surface area contributed by atoms with Gasteiger partial charge in [0.05, 0.1) is 17.9 Å². The molecule has 4 bridgehead atoms. The first-order valence-electron chi connectivity index (χ1n) is 10.8. The lowest BCUT2D eigenvalue weighted by Gasteiger charge is -2.44. The van der Waals surface area contributed by atoms with Crippen LogP contribution in [0.2, 0.25) is 0 Å². The van der Waals surface area contributed by atoms with Crippen LogP contribution in [0, 0.1) is 5.82 Å². The maximum absolute atomic E-state index is 14.0. The van der Waals surface area contributed by atoms with Gasteiger partial charge in [-0.2, -0.15) is 0 Å². The smallest absolute Gasteiger partial charge is 0.258 e. The molecule has 1 saturated heterocycles. The minimum absolute atomic E-state index is 0.0785. The molecule has 0 unspecified atom stereocenters. The van der Waals surface area contributed by atoms with Gasteiger partial charge in [-0.25, -0.2) is 4.39 Å². The fourth-order valence-electron chi connectivity index (χ4n) is 4.24. The molecule has 1 fully saturated rings. The molecule has 1 aromatic heterocycles. The minimum atomic E-state index is -0.484. The largest absolute Gasteiger partial charge is 0.493 e. The Morgan fingerprint density at radius 3 is 2.68 bits per heavy atom. The molecule has 0 radical (unpaired) electrons. The maximum atomic E-state index is 14.0. The van der Waals surface area contributed by atoms with E-state index in [2.05, 4.69) is 10.3 Å². The Morgan fingerprint density at radius 2 is 1.84 bits per heavy atom. The number of halogens is 1. The Kier molecular flexibility index (Phi) is 6.20. The topological polar surface area (TPSA) is 80.6 Å². The number of amides is 2. The zero-order valence-electron chi connectivity index (χ0n) is 18.0. The summed E-state index contributed by atoms with van der Waals surface area (Å²) in [4.78, 5) is 29.7. The molecule has 2 atom stereocenters. The molecule has 0 saturated carbocycles. The number of benzene rings is 1. The lowest BCUT2D eigenvalue weighted by molar-refractivity contribution is -0.136. The highest BCUT2D eigenvalue weighted by Crippen LogP contribution is 2.26. The highest BCUT2D eigenvalue weighted by molar-refractivity contribution is 5.97. The average Bonchev–Trinajstić information content (AvgIpc) is 3.19. The van der Waals surface area contributed by atoms with Crippen molar-refractivity contribution in [3.8, 4) is 5.75 Å². The van der Waals surface area contributed by atoms with Crippen molar-refractivity contribution in [2.45, 2.75) is 58.2 Å². The number of carbonyl (C=O) groups is 2. The number of nitrogens with zero attached hydrogens (tertiary/aromatic N) is 5. The van der Waals surface area contributed by atoms with Gasteiger partial charge in [0.15, 0.2) is 0 Å². The molecule has 2 aromatic rings. The number of hydrogen-bond acceptors (Lipinski definition) is 5. The van der Waals surface area contributed by atoms with Crippen LogP contribution in [0.4, 0.5) is 4.39 Å². The summed E-state index contributed by atoms with van der Waals surface area (Å²) in [6, 6.07) is 3.73. The van der Waals surface area contributed by atoms with Crippen LogP contribution in [0.3, 0.4) is 0 Å². The Balaban J connectivity index is 1.62. The molecule has 0 aliphatic carbocycles. The second-order valence-corrected chi connectivity index (χ2v) is 8.37. The van der Waals surface area contributed by atoms with E-state index < -0.39 is 5.82 Å². The monoisotopic (exact) mass is 429 g/mol. The predicted octanol–water partition coefficient (Wildman–Crippen LogP) is 2.28. The van der Waals surface area contributed by atoms with Crippen molar-refractivity contribution in [1.82, 2.24) is 24.8 Å². The van der Waals surface area contributed by atoms with Gasteiger partial charge in [0.25, 0.3) is 5.91 Å². The molecule has 4 heterocycles. The molecule has 0 N–H and O–H groups in total. The van der Waals surface area contributed by atoms with E-state index in [9.17, 15) is 14.0 Å². The van der Waals surface area contributed by atoms with Crippen molar-refractivity contribution in [3.63, 3.8) is 0 Å². The summed E-state index contributed by atoms with van der Waals surface area (Å²) in [5, 5.41) is 8.31. The fraction of sp³-hybridized carbons (Fsp3) is 0.545. The van der Waals surface area contributed by atoms with Crippen molar-refractivity contribution >= 4 is 11.8 Å². The molecule has 166 valence electrons. The van der Waals surface area contributed by atoms with Gasteiger partial charge in [0.1, 0.15) is 11.6 Å². The highest BCUT2D eigenvalue weighted by atomic mass is 19.1. The van der Waals surface area contributed by atoms with Gasteiger partial charge < -0.3 is 14.5 Å². The van der Waals surface area contributed by atoms with Crippen LogP contribution in [0.25, 0.3) is 0 Å². The van der Waals surface area contributed by atoms with Gasteiger partial charge in [0.2, 0.25) is 5.91 Å². The Bertz CT molecular complexity index is 962. The summed E-state index contributed by atoms with van der Waals surface area (Å²) in [6.45, 7) is 5.70. The standard InChI is InChI=1S/C22H28FN5O3/c1-15-13-28-16(2)12-27(15)21(29)6-3-5-18-14-26(25-24-18)9-4-10-31-20-8-7-17(23)11-19(20)22(28)30/h7-8,11,14-16H,3-6,9-10,12-13H2,1-2H3/t15-,16+/m1/s1. The molecule has 2 amide bonds. The number of carbonyl (C=O) groups excluding carboxylic acids is 2. The number of piperazine rings is 1. The molecule has 0 spiro atoms. The van der Waals surface area contributed by atoms with Gasteiger partial charge in [-0.1, -0.05) is 5.21 Å². The van der Waals surface area contributed by atoms with E-state index in [1.165, 1.54) is 18.2 Å². The van der Waals surface area contributed by atoms with Gasteiger partial charge in [0, 0.05) is 50.8 Å². The molecule has 3 aliphatic heterocycles. The normalized spacial score (nSPS) is 23.2. The Morgan fingerprint density at radius 1 is 1.06 bits per heavy atom. The average molecular weight is 429 g/mol. The molecule has 1 aromatic carbocycles. The van der Waals surface area contributed by atoms with Crippen LogP contribution < -0.4 is 4.74 Å². The van der Waals surface area contributed by atoms with Crippen LogP contribution in [0.1, 0.15) is 49.2 Å². The van der Waals surface area contributed by atoms with E-state index >= 15 is 0 Å². The summed E-state index contributed by atoms with van der Waals surface area (Å²) in [6.07, 6.45) is 4.39. The number of hydrogen-bond donors (Lipinski definition) is 0. The van der Waals surface area contributed by atoms with E-state index in [-0.39, 0.29) is 29.5 Å². The van der Waals surface area contributed by atoms with Gasteiger partial charge in [-0.3, -0.25) is 14.3 Å². The number of fused-ring (bicyclic) bond motifs is 8. The number of ether oxygens (including phenoxy) is 1. The highest BCUT2D eigenvalue weighted by Gasteiger charge is 2.35. The van der Waals surface area contributed by atoms with Crippen LogP contribution in [0.15, 0.2) is 24.4 Å². The van der Waals surface area contributed by atoms with E-state index in [1.807, 2.05) is 24.9 Å². The van der Waals surface area contributed by atoms with Crippen molar-refractivity contribution < 1.29 is 18.7 Å². The molecule has 3 aliphatic rings. The third-order valence-corrected chi connectivity index (χ3v) is 5.94. The molecular weight excluding hydrogens is 401 g/mol. The van der Waals surface area contributed by atoms with E-state index in [0.29, 0.717) is 57.7 Å². The van der Waals surface area contributed by atoms with E-state index in [1.54, 1.807) is 9.58 Å². The summed E-state index contributed by atoms with van der Waals surface area (Å²) in [5.41, 5.74) is 1.08. The van der Waals surface area contributed by atoms with Crippen molar-refractivity contribution in [3.05, 3.63) is 41.5 Å². The first kappa shape index (κ1) is 21.3. The summed E-state index contributed by atoms with van der Waals surface area (Å²) < 4.78 is 21.6. The van der Waals surface area contributed by atoms with Crippen LogP contribution >= 0.6 is 0 Å². The molecular formula is C22H28FN5O3. The second kappa shape index (κ2) is 9.03. The molecule has 9 heteroatoms. The van der Waals surface area contributed by atoms with E-state index in [4.69, 9.17) is 4.74 Å². The van der Waals surface area contributed by atoms with Crippen LogP contribution in [-0.2, 0) is 17.8 Å². The van der Waals surface area contributed by atoms with Gasteiger partial charge >= 0.3 is 0 Å². The predicted molar refractivity (Wildman–Crippen MR) is 111 cm³/mol. The van der Waals surface area contributed by atoms with E-state index in [0.717, 1.165) is 5.69 Å². The summed E-state index contributed by atoms with van der Waals surface area (Å²) in [7, 11) is 0. The number of aromatic nitrogens is 3. The fourth-order valence-corrected chi connectivity index (χ4v) is 4.24. The van der Waals surface area contributed by atoms with Gasteiger partial charge in [-0.15, -0.1) is 5.10 Å². The number of rotatable bonds is 0. The molecule has 5 rings (SSSR count).